The molecule has 1 aromatic heterocycles. The lowest BCUT2D eigenvalue weighted by Gasteiger charge is -2.26. The van der Waals surface area contributed by atoms with Crippen LogP contribution in [0.1, 0.15) is 11.3 Å². The molecule has 0 spiro atoms. The topological polar surface area (TPSA) is 71.4 Å². The average Bonchev–Trinajstić information content (AvgIpc) is 3.15. The molecule has 7 heteroatoms. The second-order valence-electron chi connectivity index (χ2n) is 6.57. The van der Waals surface area contributed by atoms with Gasteiger partial charge in [-0.05, 0) is 61.5 Å². The first kappa shape index (κ1) is 18.7. The van der Waals surface area contributed by atoms with Gasteiger partial charge in [-0.25, -0.2) is 9.69 Å². The van der Waals surface area contributed by atoms with Gasteiger partial charge in [0.1, 0.15) is 5.57 Å². The molecule has 6 nitrogen and oxygen atoms in total. The van der Waals surface area contributed by atoms with E-state index in [1.807, 2.05) is 29.8 Å². The number of carbonyl (C=O) groups is 3. The van der Waals surface area contributed by atoms with E-state index in [9.17, 15) is 14.4 Å². The number of nitrogens with one attached hydrogen (secondary N) is 1. The molecule has 0 aliphatic carbocycles. The molecule has 0 atom stereocenters. The first-order chi connectivity index (χ1) is 13.9. The van der Waals surface area contributed by atoms with Crippen LogP contribution in [0.4, 0.5) is 10.5 Å². The number of urea groups is 1. The number of aryl methyl sites for hydroxylation is 1. The molecular weight excluding hydrogens is 390 g/mol. The predicted molar refractivity (Wildman–Crippen MR) is 111 cm³/mol. The Balaban J connectivity index is 1.73. The van der Waals surface area contributed by atoms with Crippen molar-refractivity contribution in [2.45, 2.75) is 6.92 Å². The van der Waals surface area contributed by atoms with Crippen LogP contribution < -0.4 is 10.2 Å². The second-order valence-corrected chi connectivity index (χ2v) is 7.01. The summed E-state index contributed by atoms with van der Waals surface area (Å²) in [5, 5.41) is 2.84. The van der Waals surface area contributed by atoms with Crippen LogP contribution in [0.2, 0.25) is 5.02 Å². The Bertz CT molecular complexity index is 1140. The number of nitrogens with zero attached hydrogens (tertiary/aromatic N) is 2. The van der Waals surface area contributed by atoms with Crippen molar-refractivity contribution in [3.63, 3.8) is 0 Å². The zero-order valence-electron chi connectivity index (χ0n) is 15.4. The van der Waals surface area contributed by atoms with Crippen LogP contribution in [0.15, 0.2) is 72.4 Å². The number of amides is 4. The Kier molecular flexibility index (Phi) is 4.78. The number of rotatable bonds is 3. The third kappa shape index (κ3) is 3.58. The normalized spacial score (nSPS) is 15.7. The standard InChI is InChI=1S/C22H16ClN3O3/c1-14-4-8-17(9-5-14)26-21(28)19(20(27)24-22(26)29)13-18-3-2-12-25(18)16-10-6-15(23)7-11-16/h2-13H,1H3,(H,24,27,29). The van der Waals surface area contributed by atoms with Crippen LogP contribution in [-0.4, -0.2) is 22.4 Å². The molecule has 4 rings (SSSR count). The highest BCUT2D eigenvalue weighted by Crippen LogP contribution is 2.23. The Morgan fingerprint density at radius 1 is 0.897 bits per heavy atom. The molecule has 1 saturated heterocycles. The summed E-state index contributed by atoms with van der Waals surface area (Å²) in [6.07, 6.45) is 3.28. The zero-order valence-corrected chi connectivity index (χ0v) is 16.2. The summed E-state index contributed by atoms with van der Waals surface area (Å²) >= 11 is 5.95. The van der Waals surface area contributed by atoms with Crippen LogP contribution in [0, 0.1) is 6.92 Å². The van der Waals surface area contributed by atoms with Crippen LogP contribution >= 0.6 is 11.6 Å². The molecule has 0 radical (unpaired) electrons. The number of benzene rings is 2. The summed E-state index contributed by atoms with van der Waals surface area (Å²) in [6.45, 7) is 1.90. The maximum atomic E-state index is 13.0. The lowest BCUT2D eigenvalue weighted by Crippen LogP contribution is -2.54. The fraction of sp³-hybridized carbons (Fsp3) is 0.0455. The third-order valence-electron chi connectivity index (χ3n) is 4.57. The van der Waals surface area contributed by atoms with Gasteiger partial charge >= 0.3 is 6.03 Å². The van der Waals surface area contributed by atoms with Gasteiger partial charge in [0.2, 0.25) is 0 Å². The Morgan fingerprint density at radius 3 is 2.24 bits per heavy atom. The Labute approximate surface area is 172 Å². The minimum atomic E-state index is -0.769. The van der Waals surface area contributed by atoms with Crippen molar-refractivity contribution in [1.29, 1.82) is 0 Å². The van der Waals surface area contributed by atoms with E-state index < -0.39 is 17.8 Å². The average molecular weight is 406 g/mol. The molecule has 3 aromatic rings. The molecular formula is C22H16ClN3O3. The Morgan fingerprint density at radius 2 is 1.55 bits per heavy atom. The van der Waals surface area contributed by atoms with E-state index >= 15 is 0 Å². The lowest BCUT2D eigenvalue weighted by molar-refractivity contribution is -0.122. The van der Waals surface area contributed by atoms with E-state index in [2.05, 4.69) is 5.32 Å². The maximum Gasteiger partial charge on any atom is 0.335 e. The first-order valence-corrected chi connectivity index (χ1v) is 9.23. The van der Waals surface area contributed by atoms with Crippen molar-refractivity contribution in [2.24, 2.45) is 0 Å². The lowest BCUT2D eigenvalue weighted by atomic mass is 10.1. The molecule has 4 amide bonds. The molecule has 0 unspecified atom stereocenters. The molecule has 2 heterocycles. The van der Waals surface area contributed by atoms with Gasteiger partial charge in [-0.1, -0.05) is 29.3 Å². The van der Waals surface area contributed by atoms with E-state index in [1.54, 1.807) is 48.5 Å². The van der Waals surface area contributed by atoms with Crippen LogP contribution in [0.3, 0.4) is 0 Å². The summed E-state index contributed by atoms with van der Waals surface area (Å²) in [7, 11) is 0. The van der Waals surface area contributed by atoms with Crippen LogP contribution in [0.25, 0.3) is 11.8 Å². The summed E-state index contributed by atoms with van der Waals surface area (Å²) in [5.41, 5.74) is 2.69. The van der Waals surface area contributed by atoms with E-state index in [0.29, 0.717) is 16.4 Å². The van der Waals surface area contributed by atoms with E-state index in [4.69, 9.17) is 11.6 Å². The number of carbonyl (C=O) groups excluding carboxylic acids is 3. The summed E-state index contributed by atoms with van der Waals surface area (Å²) in [5.74, 6) is -1.40. The fourth-order valence-electron chi connectivity index (χ4n) is 3.08. The minimum Gasteiger partial charge on any atom is -0.317 e. The molecule has 2 aromatic carbocycles. The SMILES string of the molecule is Cc1ccc(N2C(=O)NC(=O)C(=Cc3cccn3-c3ccc(Cl)cc3)C2=O)cc1. The molecule has 1 N–H and O–H groups in total. The fourth-order valence-corrected chi connectivity index (χ4v) is 3.21. The van der Waals surface area contributed by atoms with Crippen molar-refractivity contribution in [3.8, 4) is 5.69 Å². The molecule has 144 valence electrons. The molecule has 1 fully saturated rings. The number of anilines is 1. The molecule has 1 aliphatic heterocycles. The highest BCUT2D eigenvalue weighted by molar-refractivity contribution is 6.39. The van der Waals surface area contributed by atoms with Crippen LogP contribution in [-0.2, 0) is 9.59 Å². The number of barbiturate groups is 1. The number of hydrogen-bond acceptors (Lipinski definition) is 3. The number of hydrogen-bond donors (Lipinski definition) is 1. The number of aromatic nitrogens is 1. The molecule has 29 heavy (non-hydrogen) atoms. The van der Waals surface area contributed by atoms with Crippen molar-refractivity contribution >= 4 is 41.2 Å². The van der Waals surface area contributed by atoms with Gasteiger partial charge in [-0.2, -0.15) is 0 Å². The number of imide groups is 2. The van der Waals surface area contributed by atoms with Gasteiger partial charge in [0.15, 0.2) is 0 Å². The first-order valence-electron chi connectivity index (χ1n) is 8.85. The molecule has 0 bridgehead atoms. The molecule has 0 saturated carbocycles. The summed E-state index contributed by atoms with van der Waals surface area (Å²) < 4.78 is 1.82. The monoisotopic (exact) mass is 405 g/mol. The van der Waals surface area contributed by atoms with E-state index in [0.717, 1.165) is 16.2 Å². The third-order valence-corrected chi connectivity index (χ3v) is 4.82. The van der Waals surface area contributed by atoms with Crippen molar-refractivity contribution < 1.29 is 14.4 Å². The van der Waals surface area contributed by atoms with Gasteiger partial charge in [-0.3, -0.25) is 14.9 Å². The highest BCUT2D eigenvalue weighted by atomic mass is 35.5. The van der Waals surface area contributed by atoms with Crippen LogP contribution in [0.5, 0.6) is 0 Å². The zero-order chi connectivity index (χ0) is 20.5. The van der Waals surface area contributed by atoms with Crippen molar-refractivity contribution in [1.82, 2.24) is 9.88 Å². The quantitative estimate of drug-likeness (QED) is 0.526. The van der Waals surface area contributed by atoms with Gasteiger partial charge in [0.25, 0.3) is 11.8 Å². The largest absolute Gasteiger partial charge is 0.335 e. The Hall–Kier alpha value is -3.64. The van der Waals surface area contributed by atoms with Gasteiger partial charge < -0.3 is 4.57 Å². The summed E-state index contributed by atoms with van der Waals surface area (Å²) in [6, 6.07) is 16.9. The maximum absolute atomic E-state index is 13.0. The highest BCUT2D eigenvalue weighted by Gasteiger charge is 2.36. The smallest absolute Gasteiger partial charge is 0.317 e. The number of halogens is 1. The van der Waals surface area contributed by atoms with Crippen molar-refractivity contribution in [3.05, 3.63) is 88.7 Å². The second kappa shape index (κ2) is 7.41. The molecule has 1 aliphatic rings. The van der Waals surface area contributed by atoms with E-state index in [-0.39, 0.29) is 5.57 Å². The van der Waals surface area contributed by atoms with Gasteiger partial charge in [0.05, 0.1) is 5.69 Å². The van der Waals surface area contributed by atoms with Gasteiger partial charge in [-0.15, -0.1) is 0 Å². The predicted octanol–water partition coefficient (Wildman–Crippen LogP) is 4.11. The van der Waals surface area contributed by atoms with E-state index in [1.165, 1.54) is 6.08 Å². The van der Waals surface area contributed by atoms with Crippen molar-refractivity contribution in [2.75, 3.05) is 4.90 Å². The minimum absolute atomic E-state index is 0.126. The summed E-state index contributed by atoms with van der Waals surface area (Å²) in [4.78, 5) is 38.6. The van der Waals surface area contributed by atoms with Gasteiger partial charge in [0, 0.05) is 22.6 Å².